The van der Waals surface area contributed by atoms with Crippen LogP contribution in [0.15, 0.2) is 36.4 Å². The molecule has 0 radical (unpaired) electrons. The highest BCUT2D eigenvalue weighted by Gasteiger charge is 2.02. The first-order valence-electron chi connectivity index (χ1n) is 5.40. The summed E-state index contributed by atoms with van der Waals surface area (Å²) in [5.74, 6) is 0.414. The molecule has 0 saturated heterocycles. The topological polar surface area (TPSA) is 26.3 Å². The maximum Gasteiger partial charge on any atom is 0.310 e. The lowest BCUT2D eigenvalue weighted by Gasteiger charge is -2.05. The third kappa shape index (κ3) is 2.22. The SMILES string of the molecule is CCC(=O)Oc1ccc2ccc(C)cc2c1. The lowest BCUT2D eigenvalue weighted by Crippen LogP contribution is -2.05. The van der Waals surface area contributed by atoms with Gasteiger partial charge in [-0.2, -0.15) is 0 Å². The fourth-order valence-corrected chi connectivity index (χ4v) is 1.61. The van der Waals surface area contributed by atoms with Crippen LogP contribution in [0.4, 0.5) is 0 Å². The Morgan fingerprint density at radius 2 is 1.88 bits per heavy atom. The fourth-order valence-electron chi connectivity index (χ4n) is 1.61. The van der Waals surface area contributed by atoms with Crippen molar-refractivity contribution in [1.29, 1.82) is 0 Å². The van der Waals surface area contributed by atoms with Crippen LogP contribution in [0.1, 0.15) is 18.9 Å². The van der Waals surface area contributed by atoms with Gasteiger partial charge in [0, 0.05) is 6.42 Å². The molecule has 0 fully saturated rings. The lowest BCUT2D eigenvalue weighted by atomic mass is 10.1. The Morgan fingerprint density at radius 3 is 2.62 bits per heavy atom. The van der Waals surface area contributed by atoms with E-state index in [1.165, 1.54) is 5.56 Å². The number of hydrogen-bond acceptors (Lipinski definition) is 2. The number of aryl methyl sites for hydroxylation is 1. The van der Waals surface area contributed by atoms with E-state index in [0.29, 0.717) is 12.2 Å². The van der Waals surface area contributed by atoms with E-state index >= 15 is 0 Å². The summed E-state index contributed by atoms with van der Waals surface area (Å²) in [5, 5.41) is 2.25. The van der Waals surface area contributed by atoms with Gasteiger partial charge >= 0.3 is 5.97 Å². The summed E-state index contributed by atoms with van der Waals surface area (Å²) in [7, 11) is 0. The largest absolute Gasteiger partial charge is 0.427 e. The molecule has 0 aromatic heterocycles. The average Bonchev–Trinajstić information content (AvgIpc) is 2.28. The first kappa shape index (κ1) is 10.7. The van der Waals surface area contributed by atoms with Gasteiger partial charge in [0.25, 0.3) is 0 Å². The minimum atomic E-state index is -0.202. The molecule has 0 aliphatic rings. The Bertz CT molecular complexity index is 529. The first-order chi connectivity index (χ1) is 7.69. The van der Waals surface area contributed by atoms with Crippen LogP contribution in [0.5, 0.6) is 5.75 Å². The molecule has 0 aliphatic carbocycles. The van der Waals surface area contributed by atoms with Gasteiger partial charge in [0.15, 0.2) is 0 Å². The molecule has 0 bridgehead atoms. The van der Waals surface area contributed by atoms with E-state index in [1.807, 2.05) is 25.1 Å². The molecule has 2 aromatic rings. The molecular formula is C14H14O2. The number of hydrogen-bond donors (Lipinski definition) is 0. The number of rotatable bonds is 2. The van der Waals surface area contributed by atoms with Crippen molar-refractivity contribution in [3.8, 4) is 5.75 Å². The molecule has 16 heavy (non-hydrogen) atoms. The Labute approximate surface area is 94.8 Å². The molecule has 0 saturated carbocycles. The fraction of sp³-hybridized carbons (Fsp3) is 0.214. The quantitative estimate of drug-likeness (QED) is 0.565. The predicted molar refractivity (Wildman–Crippen MR) is 64.6 cm³/mol. The van der Waals surface area contributed by atoms with Crippen molar-refractivity contribution < 1.29 is 9.53 Å². The highest BCUT2D eigenvalue weighted by Crippen LogP contribution is 2.22. The molecule has 2 heteroatoms. The van der Waals surface area contributed by atoms with E-state index < -0.39 is 0 Å². The Morgan fingerprint density at radius 1 is 1.12 bits per heavy atom. The molecule has 0 aliphatic heterocycles. The highest BCUT2D eigenvalue weighted by atomic mass is 16.5. The Balaban J connectivity index is 2.39. The van der Waals surface area contributed by atoms with E-state index in [4.69, 9.17) is 4.74 Å². The van der Waals surface area contributed by atoms with Crippen molar-refractivity contribution in [3.05, 3.63) is 42.0 Å². The summed E-state index contributed by atoms with van der Waals surface area (Å²) >= 11 is 0. The van der Waals surface area contributed by atoms with E-state index in [9.17, 15) is 4.79 Å². The van der Waals surface area contributed by atoms with Crippen LogP contribution < -0.4 is 4.74 Å². The molecule has 82 valence electrons. The minimum Gasteiger partial charge on any atom is -0.427 e. The van der Waals surface area contributed by atoms with Gasteiger partial charge in [-0.1, -0.05) is 36.8 Å². The van der Waals surface area contributed by atoms with E-state index in [0.717, 1.165) is 10.8 Å². The predicted octanol–water partition coefficient (Wildman–Crippen LogP) is 3.46. The van der Waals surface area contributed by atoms with Gasteiger partial charge in [0.05, 0.1) is 0 Å². The van der Waals surface area contributed by atoms with Gasteiger partial charge in [0.1, 0.15) is 5.75 Å². The molecule has 0 N–H and O–H groups in total. The van der Waals surface area contributed by atoms with Crippen molar-refractivity contribution >= 4 is 16.7 Å². The van der Waals surface area contributed by atoms with Crippen molar-refractivity contribution in [2.45, 2.75) is 20.3 Å². The average molecular weight is 214 g/mol. The summed E-state index contributed by atoms with van der Waals surface area (Å²) in [6.45, 7) is 3.83. The second kappa shape index (κ2) is 4.35. The van der Waals surface area contributed by atoms with Crippen molar-refractivity contribution in [2.24, 2.45) is 0 Å². The van der Waals surface area contributed by atoms with Gasteiger partial charge in [-0.05, 0) is 29.8 Å². The van der Waals surface area contributed by atoms with Crippen LogP contribution in [-0.2, 0) is 4.79 Å². The summed E-state index contributed by atoms with van der Waals surface area (Å²) in [6, 6.07) is 11.9. The van der Waals surface area contributed by atoms with Gasteiger partial charge in [0.2, 0.25) is 0 Å². The number of ether oxygens (including phenoxy) is 1. The Hall–Kier alpha value is -1.83. The molecule has 0 unspecified atom stereocenters. The van der Waals surface area contributed by atoms with E-state index in [-0.39, 0.29) is 5.97 Å². The van der Waals surface area contributed by atoms with Crippen LogP contribution >= 0.6 is 0 Å². The molecule has 2 nitrogen and oxygen atoms in total. The summed E-state index contributed by atoms with van der Waals surface area (Å²) in [6.07, 6.45) is 0.395. The van der Waals surface area contributed by atoms with Crippen LogP contribution in [0.2, 0.25) is 0 Å². The van der Waals surface area contributed by atoms with Crippen molar-refractivity contribution in [2.75, 3.05) is 0 Å². The smallest absolute Gasteiger partial charge is 0.310 e. The number of fused-ring (bicyclic) bond motifs is 1. The van der Waals surface area contributed by atoms with Gasteiger partial charge in [-0.3, -0.25) is 4.79 Å². The number of esters is 1. The van der Waals surface area contributed by atoms with Crippen LogP contribution in [0.3, 0.4) is 0 Å². The Kier molecular flexibility index (Phi) is 2.91. The monoisotopic (exact) mass is 214 g/mol. The van der Waals surface area contributed by atoms with Gasteiger partial charge in [-0.15, -0.1) is 0 Å². The zero-order valence-corrected chi connectivity index (χ0v) is 9.49. The third-order valence-electron chi connectivity index (χ3n) is 2.49. The minimum absolute atomic E-state index is 0.202. The zero-order chi connectivity index (χ0) is 11.5. The standard InChI is InChI=1S/C14H14O2/c1-3-14(15)16-13-7-6-11-5-4-10(2)8-12(11)9-13/h4-9H,3H2,1-2H3. The molecular weight excluding hydrogens is 200 g/mol. The summed E-state index contributed by atoms with van der Waals surface area (Å²) < 4.78 is 5.17. The van der Waals surface area contributed by atoms with E-state index in [2.05, 4.69) is 18.2 Å². The number of carbonyl (C=O) groups excluding carboxylic acids is 1. The van der Waals surface area contributed by atoms with Gasteiger partial charge < -0.3 is 4.74 Å². The second-order valence-corrected chi connectivity index (χ2v) is 3.84. The maximum atomic E-state index is 11.2. The first-order valence-corrected chi connectivity index (χ1v) is 5.40. The molecule has 2 rings (SSSR count). The second-order valence-electron chi connectivity index (χ2n) is 3.84. The van der Waals surface area contributed by atoms with Gasteiger partial charge in [-0.25, -0.2) is 0 Å². The van der Waals surface area contributed by atoms with Crippen molar-refractivity contribution in [1.82, 2.24) is 0 Å². The molecule has 0 spiro atoms. The molecule has 0 heterocycles. The highest BCUT2D eigenvalue weighted by molar-refractivity contribution is 5.85. The zero-order valence-electron chi connectivity index (χ0n) is 9.49. The number of benzene rings is 2. The summed E-state index contributed by atoms with van der Waals surface area (Å²) in [4.78, 5) is 11.2. The normalized spacial score (nSPS) is 10.4. The number of carbonyl (C=O) groups is 1. The van der Waals surface area contributed by atoms with Crippen LogP contribution in [0, 0.1) is 6.92 Å². The molecule has 0 amide bonds. The summed E-state index contributed by atoms with van der Waals surface area (Å²) in [5.41, 5.74) is 1.20. The maximum absolute atomic E-state index is 11.2. The molecule has 2 aromatic carbocycles. The van der Waals surface area contributed by atoms with Crippen LogP contribution in [-0.4, -0.2) is 5.97 Å². The molecule has 0 atom stereocenters. The van der Waals surface area contributed by atoms with E-state index in [1.54, 1.807) is 6.92 Å². The van der Waals surface area contributed by atoms with Crippen molar-refractivity contribution in [3.63, 3.8) is 0 Å². The third-order valence-corrected chi connectivity index (χ3v) is 2.49. The van der Waals surface area contributed by atoms with Crippen LogP contribution in [0.25, 0.3) is 10.8 Å². The lowest BCUT2D eigenvalue weighted by molar-refractivity contribution is -0.134.